The van der Waals surface area contributed by atoms with Crippen molar-refractivity contribution in [2.45, 2.75) is 6.55 Å². The highest BCUT2D eigenvalue weighted by molar-refractivity contribution is 7.10. The van der Waals surface area contributed by atoms with Crippen LogP contribution in [0.4, 0.5) is 0 Å². The van der Waals surface area contributed by atoms with Crippen molar-refractivity contribution >= 4 is 23.6 Å². The summed E-state index contributed by atoms with van der Waals surface area (Å²) in [5, 5.41) is 3.64. The summed E-state index contributed by atoms with van der Waals surface area (Å²) in [7, 11) is -2.57. The second-order valence-corrected chi connectivity index (χ2v) is 13.0. The third kappa shape index (κ3) is 4.51. The number of rotatable bonds is 6. The highest BCUT2D eigenvalue weighted by Crippen LogP contribution is 2.19. The van der Waals surface area contributed by atoms with Crippen LogP contribution in [0.5, 0.6) is 0 Å². The molecule has 0 unspecified atom stereocenters. The Labute approximate surface area is 222 Å². The van der Waals surface area contributed by atoms with Crippen molar-refractivity contribution in [3.8, 4) is 34.2 Å². The van der Waals surface area contributed by atoms with Gasteiger partial charge in [-0.15, -0.1) is 0 Å². The first-order valence-corrected chi connectivity index (χ1v) is 14.9. The molecule has 0 aliphatic heterocycles. The highest BCUT2D eigenvalue weighted by Gasteiger charge is 2.35. The van der Waals surface area contributed by atoms with E-state index in [1.165, 1.54) is 15.6 Å². The lowest BCUT2D eigenvalue weighted by atomic mass is 10.2. The third-order valence-corrected chi connectivity index (χ3v) is 11.2. The topological polar surface area (TPSA) is 77.3 Å². The second-order valence-electron chi connectivity index (χ2n) is 9.06. The van der Waals surface area contributed by atoms with Crippen molar-refractivity contribution in [2.75, 3.05) is 0 Å². The van der Waals surface area contributed by atoms with Gasteiger partial charge in [-0.05, 0) is 88.4 Å². The van der Waals surface area contributed by atoms with Gasteiger partial charge < -0.3 is 0 Å². The molecule has 0 fully saturated rings. The molecule has 0 N–H and O–H groups in total. The Kier molecular flexibility index (Phi) is 6.33. The maximum Gasteiger partial charge on any atom is 0.145 e. The van der Waals surface area contributed by atoms with E-state index in [1.54, 1.807) is 18.6 Å². The first kappa shape index (κ1) is 23.5. The van der Waals surface area contributed by atoms with Crippen molar-refractivity contribution in [1.82, 2.24) is 29.9 Å². The minimum atomic E-state index is -2.57. The third-order valence-electron chi connectivity index (χ3n) is 6.79. The van der Waals surface area contributed by atoms with E-state index in [4.69, 9.17) is 0 Å². The molecule has 0 aromatic carbocycles. The van der Waals surface area contributed by atoms with Gasteiger partial charge in [0.15, 0.2) is 0 Å². The van der Waals surface area contributed by atoms with Crippen LogP contribution in [-0.2, 0) is 0 Å². The van der Waals surface area contributed by atoms with Gasteiger partial charge in [0, 0.05) is 37.2 Å². The van der Waals surface area contributed by atoms with Crippen LogP contribution < -0.4 is 15.6 Å². The van der Waals surface area contributed by atoms with E-state index in [1.807, 2.05) is 73.2 Å². The molecule has 38 heavy (non-hydrogen) atoms. The Bertz CT molecular complexity index is 1480. The van der Waals surface area contributed by atoms with E-state index in [9.17, 15) is 0 Å². The van der Waals surface area contributed by atoms with Gasteiger partial charge in [-0.3, -0.25) is 29.9 Å². The minimum Gasteiger partial charge on any atom is -0.255 e. The average Bonchev–Trinajstić information content (AvgIpc) is 3.02. The molecular formula is C31H24N6Si. The molecule has 0 aliphatic rings. The fourth-order valence-corrected chi connectivity index (χ4v) is 8.19. The fraction of sp³-hybridized carbons (Fsp3) is 0.0323. The van der Waals surface area contributed by atoms with Crippen molar-refractivity contribution < 1.29 is 0 Å². The maximum atomic E-state index is 4.66. The van der Waals surface area contributed by atoms with Crippen LogP contribution in [0.15, 0.2) is 128 Å². The van der Waals surface area contributed by atoms with Gasteiger partial charge in [0.25, 0.3) is 0 Å². The lowest BCUT2D eigenvalue weighted by molar-refractivity contribution is 1.25. The zero-order valence-electron chi connectivity index (χ0n) is 20.8. The molecule has 0 bridgehead atoms. The summed E-state index contributed by atoms with van der Waals surface area (Å²) < 4.78 is 0. The summed E-state index contributed by atoms with van der Waals surface area (Å²) in [5.41, 5.74) is 5.08. The number of aromatic nitrogens is 6. The largest absolute Gasteiger partial charge is 0.255 e. The normalized spacial score (nSPS) is 11.3. The standard InChI is InChI=1S/C31H24N6Si/c1-38(23-11-17-35-29(20-23)26-8-2-5-14-32-26,24-12-18-36-30(21-24)27-9-3-6-15-33-27)25-13-19-37-31(22-25)28-10-4-7-16-34-28/h2-22H,1H3. The smallest absolute Gasteiger partial charge is 0.145 e. The van der Waals surface area contributed by atoms with Crippen molar-refractivity contribution in [2.24, 2.45) is 0 Å². The van der Waals surface area contributed by atoms with Gasteiger partial charge in [0.05, 0.1) is 34.2 Å². The van der Waals surface area contributed by atoms with Crippen molar-refractivity contribution in [3.63, 3.8) is 0 Å². The Balaban J connectivity index is 1.56. The Hall–Kier alpha value is -4.88. The molecule has 0 saturated carbocycles. The number of hydrogen-bond acceptors (Lipinski definition) is 6. The van der Waals surface area contributed by atoms with E-state index in [-0.39, 0.29) is 0 Å². The molecule has 182 valence electrons. The van der Waals surface area contributed by atoms with Gasteiger partial charge in [-0.1, -0.05) is 24.7 Å². The zero-order valence-corrected chi connectivity index (χ0v) is 21.8. The molecule has 0 saturated heterocycles. The minimum absolute atomic E-state index is 0.846. The van der Waals surface area contributed by atoms with Gasteiger partial charge in [-0.25, -0.2) is 0 Å². The fourth-order valence-electron chi connectivity index (χ4n) is 4.69. The molecule has 6 heterocycles. The lowest BCUT2D eigenvalue weighted by Gasteiger charge is -2.30. The Morgan fingerprint density at radius 3 is 0.974 bits per heavy atom. The summed E-state index contributed by atoms with van der Waals surface area (Å²) in [4.78, 5) is 27.6. The lowest BCUT2D eigenvalue weighted by Crippen LogP contribution is -2.65. The number of nitrogens with zero attached hydrogens (tertiary/aromatic N) is 6. The van der Waals surface area contributed by atoms with E-state index in [0.29, 0.717) is 0 Å². The summed E-state index contributed by atoms with van der Waals surface area (Å²) in [5.74, 6) is 0. The van der Waals surface area contributed by atoms with Gasteiger partial charge in [0.1, 0.15) is 8.07 Å². The Morgan fingerprint density at radius 2 is 0.684 bits per heavy atom. The van der Waals surface area contributed by atoms with Crippen LogP contribution in [0.3, 0.4) is 0 Å². The van der Waals surface area contributed by atoms with Crippen LogP contribution in [-0.4, -0.2) is 38.0 Å². The molecule has 0 aliphatic carbocycles. The van der Waals surface area contributed by atoms with E-state index >= 15 is 0 Å². The maximum absolute atomic E-state index is 4.66. The van der Waals surface area contributed by atoms with E-state index in [2.05, 4.69) is 72.8 Å². The molecule has 6 aromatic heterocycles. The number of hydrogen-bond donors (Lipinski definition) is 0. The van der Waals surface area contributed by atoms with Crippen LogP contribution in [0.25, 0.3) is 34.2 Å². The molecule has 0 radical (unpaired) electrons. The zero-order chi connectivity index (χ0) is 25.8. The predicted molar refractivity (Wildman–Crippen MR) is 153 cm³/mol. The van der Waals surface area contributed by atoms with Gasteiger partial charge in [-0.2, -0.15) is 0 Å². The average molecular weight is 509 g/mol. The van der Waals surface area contributed by atoms with E-state index in [0.717, 1.165) is 34.2 Å². The molecule has 6 aromatic rings. The second kappa shape index (κ2) is 10.2. The van der Waals surface area contributed by atoms with E-state index < -0.39 is 8.07 Å². The summed E-state index contributed by atoms with van der Waals surface area (Å²) in [6, 6.07) is 30.6. The molecular weight excluding hydrogens is 484 g/mol. The summed E-state index contributed by atoms with van der Waals surface area (Å²) in [6.45, 7) is 2.36. The molecule has 6 nitrogen and oxygen atoms in total. The molecule has 0 spiro atoms. The van der Waals surface area contributed by atoms with Gasteiger partial charge >= 0.3 is 0 Å². The summed E-state index contributed by atoms with van der Waals surface area (Å²) in [6.07, 6.45) is 11.0. The molecule has 0 atom stereocenters. The Morgan fingerprint density at radius 1 is 0.368 bits per heavy atom. The summed E-state index contributed by atoms with van der Waals surface area (Å²) >= 11 is 0. The highest BCUT2D eigenvalue weighted by atomic mass is 28.3. The molecule has 6 rings (SSSR count). The van der Waals surface area contributed by atoms with Crippen LogP contribution in [0.1, 0.15) is 0 Å². The SMILES string of the molecule is C[Si](c1ccnc(-c2ccccn2)c1)(c1ccnc(-c2ccccn2)c1)c1ccnc(-c2ccccn2)c1. The predicted octanol–water partition coefficient (Wildman–Crippen LogP) is 4.16. The first-order valence-electron chi connectivity index (χ1n) is 12.4. The van der Waals surface area contributed by atoms with Crippen LogP contribution in [0.2, 0.25) is 6.55 Å². The van der Waals surface area contributed by atoms with Crippen LogP contribution in [0, 0.1) is 0 Å². The monoisotopic (exact) mass is 508 g/mol. The van der Waals surface area contributed by atoms with Crippen molar-refractivity contribution in [3.05, 3.63) is 128 Å². The molecule has 0 amide bonds. The van der Waals surface area contributed by atoms with Crippen LogP contribution >= 0.6 is 0 Å². The van der Waals surface area contributed by atoms with Crippen molar-refractivity contribution in [1.29, 1.82) is 0 Å². The van der Waals surface area contributed by atoms with Gasteiger partial charge in [0.2, 0.25) is 0 Å². The number of pyridine rings is 6. The molecule has 7 heteroatoms. The first-order chi connectivity index (χ1) is 18.7. The quantitative estimate of drug-likeness (QED) is 0.315.